The third-order valence-corrected chi connectivity index (χ3v) is 5.91. The lowest BCUT2D eigenvalue weighted by molar-refractivity contribution is 0.0311. The topological polar surface area (TPSA) is 67.4 Å². The molecule has 2 aromatic carbocycles. The van der Waals surface area contributed by atoms with Crippen LogP contribution in [0, 0.1) is 0 Å². The molecule has 7 heteroatoms. The number of benzene rings is 2. The molecule has 0 aliphatic heterocycles. The molecule has 0 bridgehead atoms. The van der Waals surface area contributed by atoms with E-state index in [4.69, 9.17) is 17.0 Å². The number of hydrogen-bond donors (Lipinski definition) is 2. The molecule has 0 saturated heterocycles. The van der Waals surface area contributed by atoms with E-state index in [-0.39, 0.29) is 5.17 Å². The van der Waals surface area contributed by atoms with Crippen molar-refractivity contribution in [2.45, 2.75) is 51.2 Å². The number of rotatable bonds is 11. The summed E-state index contributed by atoms with van der Waals surface area (Å²) in [5.74, 6) is 0. The van der Waals surface area contributed by atoms with Crippen molar-refractivity contribution in [2.24, 2.45) is 0 Å². The minimum absolute atomic E-state index is 0.287. The first kappa shape index (κ1) is 24.3. The van der Waals surface area contributed by atoms with Crippen LogP contribution in [0.25, 0.3) is 0 Å². The number of hydrogen-bond acceptors (Lipinski definition) is 4. The van der Waals surface area contributed by atoms with Gasteiger partial charge in [-0.05, 0) is 49.5 Å². The van der Waals surface area contributed by atoms with E-state index in [0.717, 1.165) is 18.4 Å². The molecule has 5 nitrogen and oxygen atoms in total. The van der Waals surface area contributed by atoms with Crippen molar-refractivity contribution in [1.29, 1.82) is 0 Å². The molecule has 2 rings (SSSR count). The summed E-state index contributed by atoms with van der Waals surface area (Å²) >= 11 is 5.45. The number of thiocarbonyl (C=S) groups is 1. The zero-order valence-corrected chi connectivity index (χ0v) is 19.6. The van der Waals surface area contributed by atoms with Crippen LogP contribution < -0.4 is 10.0 Å². The fourth-order valence-electron chi connectivity index (χ4n) is 3.48. The van der Waals surface area contributed by atoms with E-state index in [1.54, 1.807) is 0 Å². The van der Waals surface area contributed by atoms with Crippen LogP contribution >= 0.6 is 12.2 Å². The Morgan fingerprint density at radius 3 is 2.17 bits per heavy atom. The molecule has 2 atom stereocenters. The standard InChI is InChI=1S/C23H32N2O3S2/c1-4-16-23(2,28-22(29)24-17-15-19-11-7-5-8-12-19)21(25-30(3,26)27)18-20-13-9-6-10-14-20/h5-14,21,25H,4,15-18H2,1-3H3,(H,24,29). The van der Waals surface area contributed by atoms with Gasteiger partial charge in [0.2, 0.25) is 10.0 Å². The van der Waals surface area contributed by atoms with Gasteiger partial charge in [-0.1, -0.05) is 74.0 Å². The number of nitrogens with one attached hydrogen (secondary N) is 2. The van der Waals surface area contributed by atoms with Gasteiger partial charge in [0.1, 0.15) is 5.60 Å². The van der Waals surface area contributed by atoms with Crippen LogP contribution in [-0.2, 0) is 27.6 Å². The van der Waals surface area contributed by atoms with Gasteiger partial charge in [-0.25, -0.2) is 13.1 Å². The predicted octanol–water partition coefficient (Wildman–Crippen LogP) is 3.84. The van der Waals surface area contributed by atoms with E-state index < -0.39 is 21.7 Å². The molecule has 2 N–H and O–H groups in total. The van der Waals surface area contributed by atoms with E-state index in [1.165, 1.54) is 11.8 Å². The Bertz CT molecular complexity index is 889. The van der Waals surface area contributed by atoms with Crippen LogP contribution in [0.3, 0.4) is 0 Å². The first-order valence-corrected chi connectivity index (χ1v) is 12.5. The van der Waals surface area contributed by atoms with Crippen molar-refractivity contribution in [3.05, 3.63) is 71.8 Å². The Morgan fingerprint density at radius 2 is 1.63 bits per heavy atom. The highest BCUT2D eigenvalue weighted by Crippen LogP contribution is 2.26. The van der Waals surface area contributed by atoms with Crippen molar-refractivity contribution < 1.29 is 13.2 Å². The van der Waals surface area contributed by atoms with Crippen molar-refractivity contribution in [3.63, 3.8) is 0 Å². The predicted molar refractivity (Wildman–Crippen MR) is 127 cm³/mol. The monoisotopic (exact) mass is 448 g/mol. The summed E-state index contributed by atoms with van der Waals surface area (Å²) in [6, 6.07) is 19.5. The maximum atomic E-state index is 12.1. The summed E-state index contributed by atoms with van der Waals surface area (Å²) < 4.78 is 33.1. The first-order valence-electron chi connectivity index (χ1n) is 10.2. The highest BCUT2D eigenvalue weighted by Gasteiger charge is 2.38. The number of ether oxygens (including phenoxy) is 1. The van der Waals surface area contributed by atoms with Gasteiger partial charge in [-0.3, -0.25) is 0 Å². The molecule has 0 amide bonds. The third-order valence-electron chi connectivity index (χ3n) is 4.97. The lowest BCUT2D eigenvalue weighted by Gasteiger charge is -2.38. The molecule has 0 radical (unpaired) electrons. The molecule has 0 aliphatic rings. The van der Waals surface area contributed by atoms with E-state index in [2.05, 4.69) is 22.2 Å². The average Bonchev–Trinajstić information content (AvgIpc) is 2.68. The Hall–Kier alpha value is -1.96. The Kier molecular flexibility index (Phi) is 9.27. The summed E-state index contributed by atoms with van der Waals surface area (Å²) in [7, 11) is -3.43. The van der Waals surface area contributed by atoms with Crippen LogP contribution in [0.2, 0.25) is 0 Å². The Balaban J connectivity index is 2.10. The molecule has 0 fully saturated rings. The molecule has 0 aromatic heterocycles. The van der Waals surface area contributed by atoms with Gasteiger partial charge >= 0.3 is 0 Å². The second kappa shape index (κ2) is 11.4. The van der Waals surface area contributed by atoms with Crippen molar-refractivity contribution in [2.75, 3.05) is 12.8 Å². The molecule has 164 valence electrons. The summed E-state index contributed by atoms with van der Waals surface area (Å²) in [6.07, 6.45) is 4.00. The second-order valence-corrected chi connectivity index (χ2v) is 9.90. The van der Waals surface area contributed by atoms with Crippen molar-refractivity contribution in [3.8, 4) is 0 Å². The Morgan fingerprint density at radius 1 is 1.07 bits per heavy atom. The molecule has 0 heterocycles. The van der Waals surface area contributed by atoms with E-state index >= 15 is 0 Å². The molecule has 30 heavy (non-hydrogen) atoms. The van der Waals surface area contributed by atoms with Gasteiger partial charge in [0.25, 0.3) is 5.17 Å². The third kappa shape index (κ3) is 8.42. The summed E-state index contributed by atoms with van der Waals surface area (Å²) in [5.41, 5.74) is 1.46. The molecular formula is C23H32N2O3S2. The first-order chi connectivity index (χ1) is 14.2. The molecule has 2 unspecified atom stereocenters. The van der Waals surface area contributed by atoms with E-state index in [9.17, 15) is 8.42 Å². The smallest absolute Gasteiger partial charge is 0.257 e. The number of sulfonamides is 1. The SMILES string of the molecule is CCCC(C)(OC(=S)NCCc1ccccc1)C(Cc1ccccc1)NS(C)(=O)=O. The molecule has 0 aliphatic carbocycles. The maximum absolute atomic E-state index is 12.1. The van der Waals surface area contributed by atoms with Gasteiger partial charge in [-0.2, -0.15) is 0 Å². The lowest BCUT2D eigenvalue weighted by atomic mass is 9.87. The van der Waals surface area contributed by atoms with Crippen LogP contribution in [0.1, 0.15) is 37.8 Å². The maximum Gasteiger partial charge on any atom is 0.257 e. The minimum Gasteiger partial charge on any atom is -0.463 e. The summed E-state index contributed by atoms with van der Waals surface area (Å²) in [5, 5.41) is 3.45. The zero-order valence-electron chi connectivity index (χ0n) is 17.9. The average molecular weight is 449 g/mol. The van der Waals surface area contributed by atoms with Gasteiger partial charge in [0, 0.05) is 6.54 Å². The second-order valence-electron chi connectivity index (χ2n) is 7.75. The van der Waals surface area contributed by atoms with Crippen LogP contribution in [-0.4, -0.2) is 38.0 Å². The van der Waals surface area contributed by atoms with Gasteiger partial charge in [-0.15, -0.1) is 0 Å². The van der Waals surface area contributed by atoms with Crippen LogP contribution in [0.15, 0.2) is 60.7 Å². The lowest BCUT2D eigenvalue weighted by Crippen LogP contribution is -2.55. The van der Waals surface area contributed by atoms with Crippen molar-refractivity contribution >= 4 is 27.4 Å². The van der Waals surface area contributed by atoms with Gasteiger partial charge in [0.05, 0.1) is 12.3 Å². The summed E-state index contributed by atoms with van der Waals surface area (Å²) in [4.78, 5) is 0. The molecule has 2 aromatic rings. The van der Waals surface area contributed by atoms with Gasteiger partial charge in [0.15, 0.2) is 0 Å². The zero-order chi connectivity index (χ0) is 22.0. The molecule has 0 saturated carbocycles. The fourth-order valence-corrected chi connectivity index (χ4v) is 4.63. The highest BCUT2D eigenvalue weighted by atomic mass is 32.2. The Labute approximate surface area is 186 Å². The normalized spacial score (nSPS) is 14.5. The quantitative estimate of drug-likeness (QED) is 0.511. The highest BCUT2D eigenvalue weighted by molar-refractivity contribution is 7.88. The van der Waals surface area contributed by atoms with E-state index in [0.29, 0.717) is 19.4 Å². The van der Waals surface area contributed by atoms with Gasteiger partial charge < -0.3 is 10.1 Å². The minimum atomic E-state index is -3.43. The van der Waals surface area contributed by atoms with E-state index in [1.807, 2.05) is 62.4 Å². The van der Waals surface area contributed by atoms with Crippen LogP contribution in [0.5, 0.6) is 0 Å². The molecular weight excluding hydrogens is 416 g/mol. The van der Waals surface area contributed by atoms with Crippen molar-refractivity contribution in [1.82, 2.24) is 10.0 Å². The summed E-state index contributed by atoms with van der Waals surface area (Å²) in [6.45, 7) is 4.62. The molecule has 0 spiro atoms. The largest absolute Gasteiger partial charge is 0.463 e. The van der Waals surface area contributed by atoms with Crippen LogP contribution in [0.4, 0.5) is 0 Å². The fraction of sp³-hybridized carbons (Fsp3) is 0.435.